The first-order valence-electron chi connectivity index (χ1n) is 5.23. The van der Waals surface area contributed by atoms with E-state index in [0.29, 0.717) is 19.5 Å². The van der Waals surface area contributed by atoms with Crippen molar-refractivity contribution in [1.29, 1.82) is 0 Å². The first kappa shape index (κ1) is 13.9. The van der Waals surface area contributed by atoms with Gasteiger partial charge in [-0.15, -0.1) is 0 Å². The molecule has 5 nitrogen and oxygen atoms in total. The average Bonchev–Trinajstić information content (AvgIpc) is 2.15. The molecule has 0 spiro atoms. The lowest BCUT2D eigenvalue weighted by Crippen LogP contribution is -2.29. The molecule has 0 amide bonds. The lowest BCUT2D eigenvalue weighted by molar-refractivity contribution is -0.141. The molecule has 0 aromatic heterocycles. The van der Waals surface area contributed by atoms with Gasteiger partial charge in [-0.25, -0.2) is 0 Å². The highest BCUT2D eigenvalue weighted by Gasteiger charge is 2.15. The Morgan fingerprint density at radius 1 is 1.33 bits per heavy atom. The lowest BCUT2D eigenvalue weighted by atomic mass is 10.0. The molecule has 0 bridgehead atoms. The fourth-order valence-corrected chi connectivity index (χ4v) is 1.23. The average molecular weight is 217 g/mol. The lowest BCUT2D eigenvalue weighted by Gasteiger charge is -2.12. The van der Waals surface area contributed by atoms with Gasteiger partial charge in [0.25, 0.3) is 0 Å². The summed E-state index contributed by atoms with van der Waals surface area (Å²) in [5.41, 5.74) is 0. The van der Waals surface area contributed by atoms with E-state index < -0.39 is 17.9 Å². The van der Waals surface area contributed by atoms with Crippen molar-refractivity contribution >= 4 is 11.9 Å². The highest BCUT2D eigenvalue weighted by atomic mass is 16.4. The van der Waals surface area contributed by atoms with Crippen LogP contribution in [0.2, 0.25) is 0 Å². The molecule has 1 atom stereocenters. The summed E-state index contributed by atoms with van der Waals surface area (Å²) < 4.78 is 0. The monoisotopic (exact) mass is 217 g/mol. The SMILES string of the molecule is CCCCC(CNCCC(=O)O)C(=O)O. The van der Waals surface area contributed by atoms with Crippen molar-refractivity contribution in [2.45, 2.75) is 32.6 Å². The second-order valence-electron chi connectivity index (χ2n) is 3.53. The summed E-state index contributed by atoms with van der Waals surface area (Å²) in [7, 11) is 0. The van der Waals surface area contributed by atoms with Crippen LogP contribution in [0.3, 0.4) is 0 Å². The van der Waals surface area contributed by atoms with Crippen molar-refractivity contribution in [3.05, 3.63) is 0 Å². The Kier molecular flexibility index (Phi) is 7.62. The molecular weight excluding hydrogens is 198 g/mol. The maximum atomic E-state index is 10.8. The summed E-state index contributed by atoms with van der Waals surface area (Å²) >= 11 is 0. The van der Waals surface area contributed by atoms with E-state index in [1.54, 1.807) is 0 Å². The van der Waals surface area contributed by atoms with Crippen molar-refractivity contribution in [3.63, 3.8) is 0 Å². The van der Waals surface area contributed by atoms with E-state index in [1.807, 2.05) is 6.92 Å². The van der Waals surface area contributed by atoms with E-state index in [4.69, 9.17) is 10.2 Å². The molecule has 0 aliphatic rings. The maximum absolute atomic E-state index is 10.8. The van der Waals surface area contributed by atoms with E-state index in [1.165, 1.54) is 0 Å². The van der Waals surface area contributed by atoms with Crippen LogP contribution >= 0.6 is 0 Å². The van der Waals surface area contributed by atoms with Gasteiger partial charge in [0.15, 0.2) is 0 Å². The second kappa shape index (κ2) is 8.23. The standard InChI is InChI=1S/C10H19NO4/c1-2-3-4-8(10(14)15)7-11-6-5-9(12)13/h8,11H,2-7H2,1H3,(H,12,13)(H,14,15). The summed E-state index contributed by atoms with van der Waals surface area (Å²) in [6.45, 7) is 2.69. The Bertz CT molecular complexity index is 206. The van der Waals surface area contributed by atoms with E-state index in [9.17, 15) is 9.59 Å². The van der Waals surface area contributed by atoms with Gasteiger partial charge in [-0.2, -0.15) is 0 Å². The topological polar surface area (TPSA) is 86.6 Å². The number of carboxylic acid groups (broad SMARTS) is 2. The Balaban J connectivity index is 3.66. The van der Waals surface area contributed by atoms with Gasteiger partial charge < -0.3 is 15.5 Å². The number of aliphatic carboxylic acids is 2. The zero-order valence-corrected chi connectivity index (χ0v) is 9.03. The van der Waals surface area contributed by atoms with Gasteiger partial charge in [0.2, 0.25) is 0 Å². The number of unbranched alkanes of at least 4 members (excludes halogenated alkanes) is 1. The molecule has 0 radical (unpaired) electrons. The predicted molar refractivity (Wildman–Crippen MR) is 55.8 cm³/mol. The van der Waals surface area contributed by atoms with Crippen LogP contribution in [0.4, 0.5) is 0 Å². The molecule has 1 unspecified atom stereocenters. The quantitative estimate of drug-likeness (QED) is 0.500. The number of nitrogens with one attached hydrogen (secondary N) is 1. The molecule has 0 aromatic rings. The van der Waals surface area contributed by atoms with Gasteiger partial charge in [-0.1, -0.05) is 19.8 Å². The molecular formula is C10H19NO4. The van der Waals surface area contributed by atoms with Gasteiger partial charge in [-0.05, 0) is 6.42 Å². The number of hydrogen-bond acceptors (Lipinski definition) is 3. The summed E-state index contributed by atoms with van der Waals surface area (Å²) in [6, 6.07) is 0. The van der Waals surface area contributed by atoms with Crippen LogP contribution in [0.15, 0.2) is 0 Å². The van der Waals surface area contributed by atoms with E-state index in [2.05, 4.69) is 5.32 Å². The normalized spacial score (nSPS) is 12.3. The molecule has 15 heavy (non-hydrogen) atoms. The predicted octanol–water partition coefficient (Wildman–Crippen LogP) is 0.942. The van der Waals surface area contributed by atoms with Crippen molar-refractivity contribution in [1.82, 2.24) is 5.32 Å². The molecule has 0 heterocycles. The fourth-order valence-electron chi connectivity index (χ4n) is 1.23. The Labute approximate surface area is 89.5 Å². The Hall–Kier alpha value is -1.10. The van der Waals surface area contributed by atoms with E-state index in [-0.39, 0.29) is 6.42 Å². The van der Waals surface area contributed by atoms with Crippen LogP contribution in [-0.4, -0.2) is 35.2 Å². The first-order valence-corrected chi connectivity index (χ1v) is 5.23. The van der Waals surface area contributed by atoms with Crippen molar-refractivity contribution in [3.8, 4) is 0 Å². The van der Waals surface area contributed by atoms with Crippen LogP contribution in [0, 0.1) is 5.92 Å². The highest BCUT2D eigenvalue weighted by molar-refractivity contribution is 5.70. The van der Waals surface area contributed by atoms with Crippen molar-refractivity contribution < 1.29 is 19.8 Å². The van der Waals surface area contributed by atoms with Gasteiger partial charge in [0.1, 0.15) is 0 Å². The van der Waals surface area contributed by atoms with Crippen LogP contribution < -0.4 is 5.32 Å². The third kappa shape index (κ3) is 7.93. The number of hydrogen-bond donors (Lipinski definition) is 3. The summed E-state index contributed by atoms with van der Waals surface area (Å²) in [5, 5.41) is 20.1. The van der Waals surface area contributed by atoms with Crippen molar-refractivity contribution in [2.75, 3.05) is 13.1 Å². The first-order chi connectivity index (χ1) is 7.07. The molecule has 0 aliphatic heterocycles. The van der Waals surface area contributed by atoms with Crippen LogP contribution in [0.5, 0.6) is 0 Å². The molecule has 0 rings (SSSR count). The minimum Gasteiger partial charge on any atom is -0.481 e. The zero-order chi connectivity index (χ0) is 11.7. The van der Waals surface area contributed by atoms with Crippen LogP contribution in [0.25, 0.3) is 0 Å². The molecule has 3 N–H and O–H groups in total. The molecule has 88 valence electrons. The third-order valence-corrected chi connectivity index (χ3v) is 2.16. The van der Waals surface area contributed by atoms with Gasteiger partial charge in [0.05, 0.1) is 12.3 Å². The molecule has 0 saturated carbocycles. The highest BCUT2D eigenvalue weighted by Crippen LogP contribution is 2.07. The van der Waals surface area contributed by atoms with E-state index in [0.717, 1.165) is 12.8 Å². The zero-order valence-electron chi connectivity index (χ0n) is 9.03. The Morgan fingerprint density at radius 3 is 2.47 bits per heavy atom. The molecule has 0 aromatic carbocycles. The second-order valence-corrected chi connectivity index (χ2v) is 3.53. The number of carbonyl (C=O) groups is 2. The summed E-state index contributed by atoms with van der Waals surface area (Å²) in [6.07, 6.45) is 2.53. The van der Waals surface area contributed by atoms with Crippen LogP contribution in [-0.2, 0) is 9.59 Å². The minimum absolute atomic E-state index is 0.0279. The largest absolute Gasteiger partial charge is 0.481 e. The molecule has 0 saturated heterocycles. The summed E-state index contributed by atoms with van der Waals surface area (Å²) in [4.78, 5) is 21.0. The smallest absolute Gasteiger partial charge is 0.307 e. The van der Waals surface area contributed by atoms with Gasteiger partial charge in [-0.3, -0.25) is 9.59 Å². The van der Waals surface area contributed by atoms with Gasteiger partial charge in [0, 0.05) is 13.1 Å². The number of rotatable bonds is 9. The van der Waals surface area contributed by atoms with Gasteiger partial charge >= 0.3 is 11.9 Å². The van der Waals surface area contributed by atoms with Crippen LogP contribution in [0.1, 0.15) is 32.6 Å². The number of carboxylic acids is 2. The van der Waals surface area contributed by atoms with E-state index >= 15 is 0 Å². The maximum Gasteiger partial charge on any atom is 0.307 e. The minimum atomic E-state index is -0.872. The van der Waals surface area contributed by atoms with Crippen molar-refractivity contribution in [2.24, 2.45) is 5.92 Å². The molecule has 0 aliphatic carbocycles. The molecule has 0 fully saturated rings. The fraction of sp³-hybridized carbons (Fsp3) is 0.800. The third-order valence-electron chi connectivity index (χ3n) is 2.16. The Morgan fingerprint density at radius 2 is 2.00 bits per heavy atom. The summed E-state index contributed by atoms with van der Waals surface area (Å²) in [5.74, 6) is -2.09. The molecule has 5 heteroatoms.